The van der Waals surface area contributed by atoms with Crippen LogP contribution < -0.4 is 0 Å². The minimum atomic E-state index is -0.387. The molecule has 0 bridgehead atoms. The van der Waals surface area contributed by atoms with E-state index in [2.05, 4.69) is 0 Å². The van der Waals surface area contributed by atoms with E-state index in [1.54, 1.807) is 0 Å². The summed E-state index contributed by atoms with van der Waals surface area (Å²) in [5.74, 6) is -0.0562. The summed E-state index contributed by atoms with van der Waals surface area (Å²) in [7, 11) is 0. The van der Waals surface area contributed by atoms with Gasteiger partial charge < -0.3 is 0 Å². The van der Waals surface area contributed by atoms with Crippen LogP contribution in [-0.2, 0) is 4.84 Å². The number of rotatable bonds is 2. The molecule has 0 radical (unpaired) electrons. The molecular weight excluding hydrogens is 190 g/mol. The van der Waals surface area contributed by atoms with Crippen molar-refractivity contribution in [3.63, 3.8) is 0 Å². The zero-order valence-corrected chi connectivity index (χ0v) is 9.28. The molecule has 80 valence electrons. The molecular formula is C12H15NO2. The molecule has 1 unspecified atom stereocenters. The zero-order chi connectivity index (χ0) is 11.1. The lowest BCUT2D eigenvalue weighted by atomic mass is 10.1. The molecule has 0 N–H and O–H groups in total. The second-order valence-corrected chi connectivity index (χ2v) is 4.09. The summed E-state index contributed by atoms with van der Waals surface area (Å²) in [6, 6.07) is 7.52. The molecule has 1 aliphatic rings. The summed E-state index contributed by atoms with van der Waals surface area (Å²) in [5.41, 5.74) is 1.44. The van der Waals surface area contributed by atoms with E-state index in [-0.39, 0.29) is 11.6 Å². The summed E-state index contributed by atoms with van der Waals surface area (Å²) in [5, 5.41) is 1.44. The second-order valence-electron chi connectivity index (χ2n) is 4.09. The highest BCUT2D eigenvalue weighted by molar-refractivity contribution is 5.94. The van der Waals surface area contributed by atoms with Crippen LogP contribution in [-0.4, -0.2) is 16.7 Å². The lowest BCUT2D eigenvalue weighted by Gasteiger charge is -2.03. The van der Waals surface area contributed by atoms with Gasteiger partial charge in [-0.3, -0.25) is 4.79 Å². The maximum Gasteiger partial charge on any atom is 0.280 e. The minimum Gasteiger partial charge on any atom is -0.267 e. The van der Waals surface area contributed by atoms with E-state index in [9.17, 15) is 4.79 Å². The Labute approximate surface area is 89.6 Å². The third kappa shape index (κ3) is 1.75. The summed E-state index contributed by atoms with van der Waals surface area (Å²) in [6.45, 7) is 5.92. The smallest absolute Gasteiger partial charge is 0.267 e. The highest BCUT2D eigenvalue weighted by Gasteiger charge is 2.52. The topological polar surface area (TPSA) is 32.6 Å². The predicted molar refractivity (Wildman–Crippen MR) is 57.1 cm³/mol. The Morgan fingerprint density at radius 3 is 2.47 bits per heavy atom. The number of nitrogens with zero attached hydrogens (tertiary/aromatic N) is 1. The monoisotopic (exact) mass is 205 g/mol. The third-order valence-electron chi connectivity index (χ3n) is 2.82. The number of carbonyl (C=O) groups excluding carboxylic acids is 1. The molecule has 0 saturated carbocycles. The maximum atomic E-state index is 11.9. The van der Waals surface area contributed by atoms with Gasteiger partial charge in [0, 0.05) is 5.56 Å². The Morgan fingerprint density at radius 1 is 1.40 bits per heavy atom. The van der Waals surface area contributed by atoms with Gasteiger partial charge in [0.25, 0.3) is 5.91 Å². The van der Waals surface area contributed by atoms with Gasteiger partial charge in [0.2, 0.25) is 0 Å². The van der Waals surface area contributed by atoms with Crippen molar-refractivity contribution >= 4 is 5.91 Å². The van der Waals surface area contributed by atoms with Crippen LogP contribution in [0.1, 0.15) is 36.2 Å². The first kappa shape index (κ1) is 10.2. The lowest BCUT2D eigenvalue weighted by molar-refractivity contribution is 0.0712. The standard InChI is InChI=1S/C12H15NO2/c1-4-12(3)13(15-12)11(14)10-7-5-9(2)6-8-10/h5-8H,4H2,1-3H3. The Morgan fingerprint density at radius 2 is 2.00 bits per heavy atom. The fourth-order valence-electron chi connectivity index (χ4n) is 1.45. The maximum absolute atomic E-state index is 11.9. The first-order valence-electron chi connectivity index (χ1n) is 5.17. The average Bonchev–Trinajstić information content (AvgIpc) is 2.92. The van der Waals surface area contributed by atoms with E-state index < -0.39 is 0 Å². The number of hydrogen-bond donors (Lipinski definition) is 0. The Balaban J connectivity index is 2.13. The van der Waals surface area contributed by atoms with Crippen LogP contribution in [0.25, 0.3) is 0 Å². The van der Waals surface area contributed by atoms with E-state index in [4.69, 9.17) is 4.84 Å². The van der Waals surface area contributed by atoms with Gasteiger partial charge in [-0.15, -0.1) is 0 Å². The van der Waals surface area contributed by atoms with Crippen molar-refractivity contribution < 1.29 is 9.63 Å². The quantitative estimate of drug-likeness (QED) is 0.695. The number of hydrogen-bond acceptors (Lipinski definition) is 2. The molecule has 1 aromatic carbocycles. The Hall–Kier alpha value is -1.35. The molecule has 1 aromatic rings. The number of benzene rings is 1. The molecule has 0 spiro atoms. The van der Waals surface area contributed by atoms with Gasteiger partial charge in [-0.1, -0.05) is 24.6 Å². The molecule has 1 aliphatic heterocycles. The molecule has 3 heteroatoms. The van der Waals surface area contributed by atoms with Crippen molar-refractivity contribution in [2.75, 3.05) is 0 Å². The summed E-state index contributed by atoms with van der Waals surface area (Å²) in [4.78, 5) is 17.2. The molecule has 0 aliphatic carbocycles. The number of hydroxylamine groups is 2. The second kappa shape index (κ2) is 3.35. The first-order chi connectivity index (χ1) is 7.07. The van der Waals surface area contributed by atoms with Gasteiger partial charge >= 0.3 is 0 Å². The molecule has 3 nitrogen and oxygen atoms in total. The van der Waals surface area contributed by atoms with Gasteiger partial charge in [-0.2, -0.15) is 5.06 Å². The molecule has 1 heterocycles. The number of aryl methyl sites for hydroxylation is 1. The average molecular weight is 205 g/mol. The van der Waals surface area contributed by atoms with Gasteiger partial charge in [-0.25, -0.2) is 4.84 Å². The van der Waals surface area contributed by atoms with E-state index in [1.165, 1.54) is 5.06 Å². The normalized spacial score (nSPS) is 24.1. The molecule has 2 rings (SSSR count). The van der Waals surface area contributed by atoms with Crippen molar-refractivity contribution in [3.8, 4) is 0 Å². The Bertz CT molecular complexity index is 385. The van der Waals surface area contributed by atoms with Crippen molar-refractivity contribution in [1.82, 2.24) is 5.06 Å². The first-order valence-corrected chi connectivity index (χ1v) is 5.17. The van der Waals surface area contributed by atoms with Crippen LogP contribution in [0.5, 0.6) is 0 Å². The largest absolute Gasteiger partial charge is 0.280 e. The Kier molecular flexibility index (Phi) is 2.27. The molecule has 1 saturated heterocycles. The van der Waals surface area contributed by atoms with E-state index in [0.29, 0.717) is 5.56 Å². The van der Waals surface area contributed by atoms with Gasteiger partial charge in [0.15, 0.2) is 5.72 Å². The van der Waals surface area contributed by atoms with Crippen molar-refractivity contribution in [2.45, 2.75) is 32.9 Å². The third-order valence-corrected chi connectivity index (χ3v) is 2.82. The summed E-state index contributed by atoms with van der Waals surface area (Å²) in [6.07, 6.45) is 0.810. The van der Waals surface area contributed by atoms with Crippen LogP contribution in [0.15, 0.2) is 24.3 Å². The van der Waals surface area contributed by atoms with Crippen LogP contribution in [0.2, 0.25) is 0 Å². The van der Waals surface area contributed by atoms with Crippen LogP contribution in [0, 0.1) is 6.92 Å². The molecule has 1 fully saturated rings. The fourth-order valence-corrected chi connectivity index (χ4v) is 1.45. The number of carbonyl (C=O) groups is 1. The van der Waals surface area contributed by atoms with Crippen molar-refractivity contribution in [3.05, 3.63) is 35.4 Å². The van der Waals surface area contributed by atoms with Crippen molar-refractivity contribution in [1.29, 1.82) is 0 Å². The van der Waals surface area contributed by atoms with E-state index in [1.807, 2.05) is 45.0 Å². The minimum absolute atomic E-state index is 0.0562. The SMILES string of the molecule is CCC1(C)ON1C(=O)c1ccc(C)cc1. The summed E-state index contributed by atoms with van der Waals surface area (Å²) < 4.78 is 0. The van der Waals surface area contributed by atoms with Crippen molar-refractivity contribution in [2.24, 2.45) is 0 Å². The predicted octanol–water partition coefficient (Wildman–Crippen LogP) is 2.51. The molecule has 0 aromatic heterocycles. The zero-order valence-electron chi connectivity index (χ0n) is 9.28. The highest BCUT2D eigenvalue weighted by Crippen LogP contribution is 2.38. The van der Waals surface area contributed by atoms with Gasteiger partial charge in [0.05, 0.1) is 0 Å². The molecule has 1 atom stereocenters. The highest BCUT2D eigenvalue weighted by atomic mass is 16.9. The summed E-state index contributed by atoms with van der Waals surface area (Å²) >= 11 is 0. The molecule has 1 amide bonds. The van der Waals surface area contributed by atoms with Crippen LogP contribution in [0.4, 0.5) is 0 Å². The van der Waals surface area contributed by atoms with Crippen LogP contribution in [0.3, 0.4) is 0 Å². The molecule has 15 heavy (non-hydrogen) atoms. The van der Waals surface area contributed by atoms with Crippen LogP contribution >= 0.6 is 0 Å². The number of amides is 1. The van der Waals surface area contributed by atoms with Gasteiger partial charge in [-0.05, 0) is 32.4 Å². The fraction of sp³-hybridized carbons (Fsp3) is 0.417. The van der Waals surface area contributed by atoms with Gasteiger partial charge in [0.1, 0.15) is 0 Å². The van der Waals surface area contributed by atoms with E-state index >= 15 is 0 Å². The van der Waals surface area contributed by atoms with E-state index in [0.717, 1.165) is 12.0 Å². The lowest BCUT2D eigenvalue weighted by Crippen LogP contribution is -2.19.